The number of pyridine rings is 1. The molecule has 1 aliphatic rings. The molecule has 1 aliphatic carbocycles. The lowest BCUT2D eigenvalue weighted by atomic mass is 9.81. The van der Waals surface area contributed by atoms with Crippen LogP contribution in [0.25, 0.3) is 0 Å². The molecule has 58 valence electrons. The van der Waals surface area contributed by atoms with Crippen LogP contribution in [-0.4, -0.2) is 4.98 Å². The van der Waals surface area contributed by atoms with E-state index in [2.05, 4.69) is 11.1 Å². The van der Waals surface area contributed by atoms with Gasteiger partial charge in [-0.3, -0.25) is 0 Å². The van der Waals surface area contributed by atoms with Gasteiger partial charge in [0.2, 0.25) is 0 Å². The topological polar surface area (TPSA) is 38.9 Å². The maximum Gasteiger partial charge on any atom is 0.123 e. The molecule has 1 aromatic rings. The van der Waals surface area contributed by atoms with Crippen LogP contribution in [0.2, 0.25) is 0 Å². The second-order valence-corrected chi connectivity index (χ2v) is 3.14. The number of nitrogen functional groups attached to an aromatic ring is 1. The van der Waals surface area contributed by atoms with Gasteiger partial charge in [0.1, 0.15) is 5.82 Å². The van der Waals surface area contributed by atoms with Crippen molar-refractivity contribution in [2.45, 2.75) is 25.2 Å². The molecule has 1 aromatic heterocycles. The van der Waals surface area contributed by atoms with Crippen molar-refractivity contribution in [2.24, 2.45) is 0 Å². The lowest BCUT2D eigenvalue weighted by Crippen LogP contribution is -2.08. The Morgan fingerprint density at radius 1 is 1.36 bits per heavy atom. The van der Waals surface area contributed by atoms with E-state index in [9.17, 15) is 0 Å². The van der Waals surface area contributed by atoms with Crippen LogP contribution in [0.5, 0.6) is 0 Å². The highest BCUT2D eigenvalue weighted by Crippen LogP contribution is 2.35. The zero-order valence-electron chi connectivity index (χ0n) is 6.46. The van der Waals surface area contributed by atoms with Crippen LogP contribution in [0, 0.1) is 0 Å². The van der Waals surface area contributed by atoms with Crippen molar-refractivity contribution < 1.29 is 0 Å². The first-order valence-corrected chi connectivity index (χ1v) is 4.08. The van der Waals surface area contributed by atoms with Gasteiger partial charge in [0.15, 0.2) is 0 Å². The highest BCUT2D eigenvalue weighted by Gasteiger charge is 2.18. The van der Waals surface area contributed by atoms with Crippen LogP contribution >= 0.6 is 0 Å². The molecule has 1 fully saturated rings. The monoisotopic (exact) mass is 148 g/mol. The molecule has 0 aromatic carbocycles. The summed E-state index contributed by atoms with van der Waals surface area (Å²) in [5.74, 6) is 1.39. The molecule has 2 N–H and O–H groups in total. The summed E-state index contributed by atoms with van der Waals surface area (Å²) in [5.41, 5.74) is 6.83. The third-order valence-electron chi connectivity index (χ3n) is 2.39. The summed E-state index contributed by atoms with van der Waals surface area (Å²) in [7, 11) is 0. The summed E-state index contributed by atoms with van der Waals surface area (Å²) in [6.07, 6.45) is 5.92. The number of hydrogen-bond acceptors (Lipinski definition) is 2. The summed E-state index contributed by atoms with van der Waals surface area (Å²) in [6.45, 7) is 0. The molecule has 0 atom stereocenters. The molecule has 0 aliphatic heterocycles. The molecular formula is C9H12N2. The van der Waals surface area contributed by atoms with Crippen LogP contribution in [0.15, 0.2) is 18.3 Å². The maximum atomic E-state index is 5.48. The molecule has 0 spiro atoms. The van der Waals surface area contributed by atoms with Gasteiger partial charge < -0.3 is 5.73 Å². The predicted molar refractivity (Wildman–Crippen MR) is 45.2 cm³/mol. The highest BCUT2D eigenvalue weighted by atomic mass is 14.8. The Kier molecular flexibility index (Phi) is 1.53. The average molecular weight is 148 g/mol. The van der Waals surface area contributed by atoms with E-state index in [0.29, 0.717) is 5.82 Å². The van der Waals surface area contributed by atoms with Crippen molar-refractivity contribution in [3.05, 3.63) is 23.9 Å². The molecule has 2 rings (SSSR count). The van der Waals surface area contributed by atoms with E-state index >= 15 is 0 Å². The van der Waals surface area contributed by atoms with Crippen LogP contribution in [0.3, 0.4) is 0 Å². The molecular weight excluding hydrogens is 136 g/mol. The van der Waals surface area contributed by atoms with E-state index in [1.165, 1.54) is 24.8 Å². The first kappa shape index (κ1) is 6.65. The van der Waals surface area contributed by atoms with Crippen molar-refractivity contribution in [3.8, 4) is 0 Å². The molecule has 0 amide bonds. The van der Waals surface area contributed by atoms with Gasteiger partial charge in [-0.2, -0.15) is 0 Å². The van der Waals surface area contributed by atoms with Crippen molar-refractivity contribution in [1.29, 1.82) is 0 Å². The summed E-state index contributed by atoms with van der Waals surface area (Å²) in [4.78, 5) is 4.06. The Hall–Kier alpha value is -1.05. The minimum Gasteiger partial charge on any atom is -0.384 e. The SMILES string of the molecule is Nc1ccc(C2CCC2)cn1. The summed E-state index contributed by atoms with van der Waals surface area (Å²) >= 11 is 0. The van der Waals surface area contributed by atoms with E-state index in [4.69, 9.17) is 5.73 Å². The number of aromatic nitrogens is 1. The summed E-state index contributed by atoms with van der Waals surface area (Å²) in [6, 6.07) is 3.97. The van der Waals surface area contributed by atoms with Crippen LogP contribution in [0.1, 0.15) is 30.7 Å². The average Bonchev–Trinajstić information content (AvgIpc) is 1.90. The zero-order valence-corrected chi connectivity index (χ0v) is 6.46. The number of nitrogens with two attached hydrogens (primary N) is 1. The Labute approximate surface area is 66.4 Å². The lowest BCUT2D eigenvalue weighted by Gasteiger charge is -2.25. The second kappa shape index (κ2) is 2.53. The van der Waals surface area contributed by atoms with E-state index in [-0.39, 0.29) is 0 Å². The molecule has 0 bridgehead atoms. The van der Waals surface area contributed by atoms with E-state index in [1.54, 1.807) is 0 Å². The lowest BCUT2D eigenvalue weighted by molar-refractivity contribution is 0.419. The Morgan fingerprint density at radius 2 is 2.18 bits per heavy atom. The number of rotatable bonds is 1. The van der Waals surface area contributed by atoms with Crippen molar-refractivity contribution in [3.63, 3.8) is 0 Å². The normalized spacial score (nSPS) is 17.8. The van der Waals surface area contributed by atoms with Gasteiger partial charge in [-0.05, 0) is 30.4 Å². The number of anilines is 1. The second-order valence-electron chi connectivity index (χ2n) is 3.14. The number of hydrogen-bond donors (Lipinski definition) is 1. The van der Waals surface area contributed by atoms with Gasteiger partial charge in [-0.15, -0.1) is 0 Å². The van der Waals surface area contributed by atoms with Crippen molar-refractivity contribution >= 4 is 5.82 Å². The standard InChI is InChI=1S/C9H12N2/c10-9-5-4-8(6-11-9)7-2-1-3-7/h4-7H,1-3H2,(H2,10,11). The number of nitrogens with zero attached hydrogens (tertiary/aromatic N) is 1. The Morgan fingerprint density at radius 3 is 2.64 bits per heavy atom. The minimum atomic E-state index is 0.619. The quantitative estimate of drug-likeness (QED) is 0.661. The van der Waals surface area contributed by atoms with Crippen LogP contribution in [0.4, 0.5) is 5.82 Å². The third kappa shape index (κ3) is 1.20. The first-order chi connectivity index (χ1) is 5.36. The molecule has 0 unspecified atom stereocenters. The Balaban J connectivity index is 2.18. The molecule has 0 radical (unpaired) electrons. The zero-order chi connectivity index (χ0) is 7.68. The largest absolute Gasteiger partial charge is 0.384 e. The van der Waals surface area contributed by atoms with Gasteiger partial charge >= 0.3 is 0 Å². The maximum absolute atomic E-state index is 5.48. The van der Waals surface area contributed by atoms with E-state index in [1.807, 2.05) is 12.3 Å². The first-order valence-electron chi connectivity index (χ1n) is 4.08. The van der Waals surface area contributed by atoms with Gasteiger partial charge in [-0.25, -0.2) is 4.98 Å². The fraction of sp³-hybridized carbons (Fsp3) is 0.444. The summed E-state index contributed by atoms with van der Waals surface area (Å²) in [5, 5.41) is 0. The Bertz CT molecular complexity index is 236. The molecule has 1 heterocycles. The van der Waals surface area contributed by atoms with Gasteiger partial charge in [-0.1, -0.05) is 12.5 Å². The van der Waals surface area contributed by atoms with E-state index < -0.39 is 0 Å². The van der Waals surface area contributed by atoms with Crippen molar-refractivity contribution in [2.75, 3.05) is 5.73 Å². The highest BCUT2D eigenvalue weighted by molar-refractivity contribution is 5.31. The van der Waals surface area contributed by atoms with Crippen LogP contribution in [-0.2, 0) is 0 Å². The predicted octanol–water partition coefficient (Wildman–Crippen LogP) is 1.93. The van der Waals surface area contributed by atoms with Gasteiger partial charge in [0, 0.05) is 6.20 Å². The fourth-order valence-corrected chi connectivity index (χ4v) is 1.40. The molecule has 2 nitrogen and oxygen atoms in total. The van der Waals surface area contributed by atoms with E-state index in [0.717, 1.165) is 5.92 Å². The minimum absolute atomic E-state index is 0.619. The van der Waals surface area contributed by atoms with Crippen LogP contribution < -0.4 is 5.73 Å². The smallest absolute Gasteiger partial charge is 0.123 e. The molecule has 0 saturated heterocycles. The third-order valence-corrected chi connectivity index (χ3v) is 2.39. The molecule has 11 heavy (non-hydrogen) atoms. The van der Waals surface area contributed by atoms with Gasteiger partial charge in [0.05, 0.1) is 0 Å². The molecule has 1 saturated carbocycles. The van der Waals surface area contributed by atoms with Gasteiger partial charge in [0.25, 0.3) is 0 Å². The van der Waals surface area contributed by atoms with Crippen molar-refractivity contribution in [1.82, 2.24) is 4.98 Å². The fourth-order valence-electron chi connectivity index (χ4n) is 1.40. The molecule has 2 heteroatoms. The summed E-state index contributed by atoms with van der Waals surface area (Å²) < 4.78 is 0.